The Kier molecular flexibility index (Phi) is 6.10. The number of sulfonamides is 1. The molecule has 1 fully saturated rings. The first kappa shape index (κ1) is 16.4. The van der Waals surface area contributed by atoms with Crippen LogP contribution in [0.2, 0.25) is 0 Å². The smallest absolute Gasteiger partial charge is 0.244 e. The molecule has 0 saturated carbocycles. The fraction of sp³-hybridized carbons (Fsp3) is 0.643. The van der Waals surface area contributed by atoms with Crippen molar-refractivity contribution in [3.63, 3.8) is 0 Å². The third-order valence-electron chi connectivity index (χ3n) is 3.76. The van der Waals surface area contributed by atoms with E-state index >= 15 is 0 Å². The normalized spacial score (nSPS) is 18.0. The van der Waals surface area contributed by atoms with Crippen LogP contribution in [0.3, 0.4) is 0 Å². The molecule has 1 saturated heterocycles. The molecule has 0 aliphatic carbocycles. The van der Waals surface area contributed by atoms with Gasteiger partial charge >= 0.3 is 0 Å². The van der Waals surface area contributed by atoms with Crippen molar-refractivity contribution in [3.8, 4) is 0 Å². The zero-order valence-corrected chi connectivity index (χ0v) is 13.2. The molecule has 1 aliphatic heterocycles. The maximum absolute atomic E-state index is 12.4. The van der Waals surface area contributed by atoms with Gasteiger partial charge in [0.15, 0.2) is 0 Å². The second-order valence-electron chi connectivity index (χ2n) is 5.23. The van der Waals surface area contributed by atoms with Crippen LogP contribution in [0, 0.1) is 5.92 Å². The van der Waals surface area contributed by atoms with Crippen LogP contribution in [-0.4, -0.2) is 57.6 Å². The molecule has 2 heterocycles. The predicted octanol–water partition coefficient (Wildman–Crippen LogP) is 0.718. The summed E-state index contributed by atoms with van der Waals surface area (Å²) in [5.74, 6) is 0.530. The first-order valence-corrected chi connectivity index (χ1v) is 8.68. The quantitative estimate of drug-likeness (QED) is 0.751. The van der Waals surface area contributed by atoms with Gasteiger partial charge in [0.1, 0.15) is 4.90 Å². The standard InChI is InChI=1S/C14H23N3O3S/c1-20-10-7-16-11-13-4-8-17(9-5-13)21(18,19)14-3-2-6-15-12-14/h2-3,6,12-13,16H,4-5,7-11H2,1H3. The van der Waals surface area contributed by atoms with Gasteiger partial charge in [0, 0.05) is 39.1 Å². The number of methoxy groups -OCH3 is 1. The summed E-state index contributed by atoms with van der Waals surface area (Å²) in [5.41, 5.74) is 0. The number of aromatic nitrogens is 1. The van der Waals surface area contributed by atoms with E-state index < -0.39 is 10.0 Å². The van der Waals surface area contributed by atoms with Gasteiger partial charge in [0.05, 0.1) is 6.61 Å². The highest BCUT2D eigenvalue weighted by atomic mass is 32.2. The van der Waals surface area contributed by atoms with E-state index in [1.54, 1.807) is 29.7 Å². The molecular formula is C14H23N3O3S. The van der Waals surface area contributed by atoms with Crippen molar-refractivity contribution >= 4 is 10.0 Å². The molecule has 6 nitrogen and oxygen atoms in total. The molecule has 1 aromatic heterocycles. The molecule has 0 unspecified atom stereocenters. The molecule has 0 amide bonds. The third-order valence-corrected chi connectivity index (χ3v) is 5.64. The monoisotopic (exact) mass is 313 g/mol. The maximum Gasteiger partial charge on any atom is 0.244 e. The van der Waals surface area contributed by atoms with Crippen LogP contribution in [0.1, 0.15) is 12.8 Å². The Bertz CT molecular complexity index is 514. The van der Waals surface area contributed by atoms with Crippen LogP contribution in [0.25, 0.3) is 0 Å². The van der Waals surface area contributed by atoms with Crippen molar-refractivity contribution in [1.82, 2.24) is 14.6 Å². The van der Waals surface area contributed by atoms with Gasteiger partial charge in [-0.05, 0) is 37.4 Å². The largest absolute Gasteiger partial charge is 0.383 e. The van der Waals surface area contributed by atoms with Crippen LogP contribution in [-0.2, 0) is 14.8 Å². The molecule has 7 heteroatoms. The van der Waals surface area contributed by atoms with Gasteiger partial charge < -0.3 is 10.1 Å². The lowest BCUT2D eigenvalue weighted by Gasteiger charge is -2.31. The first-order chi connectivity index (χ1) is 10.1. The van der Waals surface area contributed by atoms with E-state index in [4.69, 9.17) is 4.74 Å². The van der Waals surface area contributed by atoms with Crippen LogP contribution in [0.4, 0.5) is 0 Å². The van der Waals surface area contributed by atoms with E-state index in [-0.39, 0.29) is 4.90 Å². The van der Waals surface area contributed by atoms with E-state index in [0.717, 1.165) is 25.9 Å². The lowest BCUT2D eigenvalue weighted by atomic mass is 9.98. The molecule has 0 aromatic carbocycles. The highest BCUT2D eigenvalue weighted by molar-refractivity contribution is 7.89. The summed E-state index contributed by atoms with van der Waals surface area (Å²) in [6.07, 6.45) is 4.77. The number of hydrogen-bond donors (Lipinski definition) is 1. The van der Waals surface area contributed by atoms with Crippen molar-refractivity contribution < 1.29 is 13.2 Å². The molecule has 21 heavy (non-hydrogen) atoms. The molecule has 0 bridgehead atoms. The van der Waals surface area contributed by atoms with Crippen molar-refractivity contribution in [2.75, 3.05) is 39.9 Å². The molecule has 1 aromatic rings. The van der Waals surface area contributed by atoms with Gasteiger partial charge in [0.25, 0.3) is 0 Å². The second-order valence-corrected chi connectivity index (χ2v) is 7.17. The molecule has 0 spiro atoms. The number of ether oxygens (including phenoxy) is 1. The Labute approximate surface area is 126 Å². The lowest BCUT2D eigenvalue weighted by molar-refractivity contribution is 0.194. The van der Waals surface area contributed by atoms with Crippen molar-refractivity contribution in [1.29, 1.82) is 0 Å². The van der Waals surface area contributed by atoms with Gasteiger partial charge in [0.2, 0.25) is 10.0 Å². The Balaban J connectivity index is 1.83. The van der Waals surface area contributed by atoms with Crippen LogP contribution in [0.5, 0.6) is 0 Å². The third kappa shape index (κ3) is 4.47. The van der Waals surface area contributed by atoms with E-state index in [9.17, 15) is 8.42 Å². The summed E-state index contributed by atoms with van der Waals surface area (Å²) in [7, 11) is -1.70. The number of nitrogens with zero attached hydrogens (tertiary/aromatic N) is 2. The van der Waals surface area contributed by atoms with Crippen molar-refractivity contribution in [2.45, 2.75) is 17.7 Å². The average molecular weight is 313 g/mol. The minimum absolute atomic E-state index is 0.279. The molecule has 1 N–H and O–H groups in total. The van der Waals surface area contributed by atoms with Gasteiger partial charge in [-0.3, -0.25) is 4.98 Å². The summed E-state index contributed by atoms with van der Waals surface area (Å²) in [6, 6.07) is 3.25. The van der Waals surface area contributed by atoms with E-state index in [1.165, 1.54) is 6.20 Å². The highest BCUT2D eigenvalue weighted by Crippen LogP contribution is 2.22. The molecule has 118 valence electrons. The minimum Gasteiger partial charge on any atom is -0.383 e. The van der Waals surface area contributed by atoms with E-state index in [2.05, 4.69) is 10.3 Å². The summed E-state index contributed by atoms with van der Waals surface area (Å²) in [5, 5.41) is 3.34. The van der Waals surface area contributed by atoms with Crippen LogP contribution < -0.4 is 5.32 Å². The molecule has 0 atom stereocenters. The van der Waals surface area contributed by atoms with E-state index in [1.807, 2.05) is 0 Å². The molecular weight excluding hydrogens is 290 g/mol. The number of piperidine rings is 1. The molecule has 2 rings (SSSR count). The van der Waals surface area contributed by atoms with Gasteiger partial charge in [-0.1, -0.05) is 0 Å². The van der Waals surface area contributed by atoms with Gasteiger partial charge in [-0.25, -0.2) is 8.42 Å². The topological polar surface area (TPSA) is 71.5 Å². The SMILES string of the molecule is COCCNCC1CCN(S(=O)(=O)c2cccnc2)CC1. The predicted molar refractivity (Wildman–Crippen MR) is 80.5 cm³/mol. The van der Waals surface area contributed by atoms with Crippen LogP contribution >= 0.6 is 0 Å². The van der Waals surface area contributed by atoms with Crippen molar-refractivity contribution in [2.24, 2.45) is 5.92 Å². The lowest BCUT2D eigenvalue weighted by Crippen LogP contribution is -2.41. The fourth-order valence-corrected chi connectivity index (χ4v) is 3.92. The Hall–Kier alpha value is -1.02. The summed E-state index contributed by atoms with van der Waals surface area (Å²) in [6.45, 7) is 3.62. The molecule has 0 radical (unpaired) electrons. The zero-order valence-electron chi connectivity index (χ0n) is 12.4. The van der Waals surface area contributed by atoms with Crippen LogP contribution in [0.15, 0.2) is 29.4 Å². The summed E-state index contributed by atoms with van der Waals surface area (Å²) < 4.78 is 31.4. The van der Waals surface area contributed by atoms with Crippen molar-refractivity contribution in [3.05, 3.63) is 24.5 Å². The molecule has 1 aliphatic rings. The summed E-state index contributed by atoms with van der Waals surface area (Å²) in [4.78, 5) is 4.17. The fourth-order valence-electron chi connectivity index (χ4n) is 2.48. The first-order valence-electron chi connectivity index (χ1n) is 7.24. The second kappa shape index (κ2) is 7.84. The van der Waals surface area contributed by atoms with Gasteiger partial charge in [-0.2, -0.15) is 4.31 Å². The number of pyridine rings is 1. The minimum atomic E-state index is -3.38. The Morgan fingerprint density at radius 3 is 2.81 bits per heavy atom. The Morgan fingerprint density at radius 2 is 2.19 bits per heavy atom. The maximum atomic E-state index is 12.4. The Morgan fingerprint density at radius 1 is 1.43 bits per heavy atom. The summed E-state index contributed by atoms with van der Waals surface area (Å²) >= 11 is 0. The number of hydrogen-bond acceptors (Lipinski definition) is 5. The number of rotatable bonds is 7. The number of nitrogens with one attached hydrogen (secondary N) is 1. The average Bonchev–Trinajstić information content (AvgIpc) is 2.53. The van der Waals surface area contributed by atoms with E-state index in [0.29, 0.717) is 25.6 Å². The highest BCUT2D eigenvalue weighted by Gasteiger charge is 2.29. The zero-order chi connectivity index (χ0) is 15.1. The van der Waals surface area contributed by atoms with Gasteiger partial charge in [-0.15, -0.1) is 0 Å².